The average Bonchev–Trinajstić information content (AvgIpc) is 2.97. The summed E-state index contributed by atoms with van der Waals surface area (Å²) in [7, 11) is 3.46. The fourth-order valence-electron chi connectivity index (χ4n) is 2.12. The van der Waals surface area contributed by atoms with E-state index in [0.29, 0.717) is 10.6 Å². The van der Waals surface area contributed by atoms with Gasteiger partial charge in [0.15, 0.2) is 5.75 Å². The van der Waals surface area contributed by atoms with E-state index in [1.807, 2.05) is 18.9 Å². The topological polar surface area (TPSA) is 41.6 Å². The molecule has 18 heavy (non-hydrogen) atoms. The molecule has 1 fully saturated rings. The number of nitrogens with one attached hydrogen (secondary N) is 1. The van der Waals surface area contributed by atoms with Crippen LogP contribution in [0.3, 0.4) is 0 Å². The zero-order valence-corrected chi connectivity index (χ0v) is 13.2. The molecule has 100 valence electrons. The first-order valence-electron chi connectivity index (χ1n) is 5.87. The van der Waals surface area contributed by atoms with Gasteiger partial charge in [0.2, 0.25) is 0 Å². The van der Waals surface area contributed by atoms with E-state index in [1.54, 1.807) is 7.11 Å². The molecule has 2 heterocycles. The zero-order chi connectivity index (χ0) is 13.3. The number of hydrogen-bond acceptors (Lipinski definition) is 4. The van der Waals surface area contributed by atoms with Crippen molar-refractivity contribution in [1.29, 1.82) is 0 Å². The number of amides is 1. The molecule has 1 aromatic heterocycles. The van der Waals surface area contributed by atoms with E-state index < -0.39 is 0 Å². The van der Waals surface area contributed by atoms with E-state index in [1.165, 1.54) is 11.3 Å². The van der Waals surface area contributed by atoms with Crippen molar-refractivity contribution in [2.75, 3.05) is 27.2 Å². The van der Waals surface area contributed by atoms with Gasteiger partial charge >= 0.3 is 0 Å². The largest absolute Gasteiger partial charge is 0.494 e. The van der Waals surface area contributed by atoms with Crippen molar-refractivity contribution >= 4 is 33.2 Å². The van der Waals surface area contributed by atoms with Gasteiger partial charge in [0, 0.05) is 24.5 Å². The molecule has 2 rings (SSSR count). The molecule has 1 N–H and O–H groups in total. The number of rotatable bonds is 3. The van der Waals surface area contributed by atoms with Gasteiger partial charge in [0.1, 0.15) is 4.88 Å². The standard InChI is InChI=1S/C12H17BrN2O2S/c1-7-9(13)10(17-3)11(18-7)12(16)15(2)8-4-5-14-6-8/h8,14H,4-6H2,1-3H3. The Hall–Kier alpha value is -0.590. The molecule has 0 saturated carbocycles. The Morgan fingerprint density at radius 3 is 2.89 bits per heavy atom. The summed E-state index contributed by atoms with van der Waals surface area (Å²) in [6.07, 6.45) is 1.01. The summed E-state index contributed by atoms with van der Waals surface area (Å²) in [5.41, 5.74) is 0. The second-order valence-electron chi connectivity index (χ2n) is 4.40. The van der Waals surface area contributed by atoms with Crippen LogP contribution in [0.25, 0.3) is 0 Å². The fraction of sp³-hybridized carbons (Fsp3) is 0.583. The first-order chi connectivity index (χ1) is 8.56. The lowest BCUT2D eigenvalue weighted by atomic mass is 10.2. The molecule has 1 amide bonds. The van der Waals surface area contributed by atoms with Crippen molar-refractivity contribution in [3.8, 4) is 5.75 Å². The van der Waals surface area contributed by atoms with E-state index in [9.17, 15) is 4.79 Å². The molecule has 1 aliphatic heterocycles. The number of carbonyl (C=O) groups is 1. The summed E-state index contributed by atoms with van der Waals surface area (Å²) in [6, 6.07) is 0.281. The molecule has 0 radical (unpaired) electrons. The predicted molar refractivity (Wildman–Crippen MR) is 76.7 cm³/mol. The number of aryl methyl sites for hydroxylation is 1. The number of hydrogen-bond donors (Lipinski definition) is 1. The second-order valence-corrected chi connectivity index (χ2v) is 6.42. The van der Waals surface area contributed by atoms with Gasteiger partial charge in [-0.25, -0.2) is 0 Å². The first-order valence-corrected chi connectivity index (χ1v) is 7.48. The van der Waals surface area contributed by atoms with Gasteiger partial charge in [-0.3, -0.25) is 4.79 Å². The summed E-state index contributed by atoms with van der Waals surface area (Å²) in [5.74, 6) is 0.694. The SMILES string of the molecule is COc1c(C(=O)N(C)C2CCNC2)sc(C)c1Br. The van der Waals surface area contributed by atoms with E-state index in [0.717, 1.165) is 28.9 Å². The third kappa shape index (κ3) is 2.41. The van der Waals surface area contributed by atoms with Crippen molar-refractivity contribution in [2.24, 2.45) is 0 Å². The van der Waals surface area contributed by atoms with Crippen molar-refractivity contribution in [3.05, 3.63) is 14.2 Å². The van der Waals surface area contributed by atoms with Crippen LogP contribution in [-0.2, 0) is 0 Å². The maximum Gasteiger partial charge on any atom is 0.267 e. The molecule has 1 aromatic rings. The minimum Gasteiger partial charge on any atom is -0.494 e. The molecule has 6 heteroatoms. The van der Waals surface area contributed by atoms with E-state index in [-0.39, 0.29) is 11.9 Å². The Labute approximate surface area is 119 Å². The second kappa shape index (κ2) is 5.59. The smallest absolute Gasteiger partial charge is 0.267 e. The van der Waals surface area contributed by atoms with Crippen LogP contribution in [0.5, 0.6) is 5.75 Å². The Kier molecular flexibility index (Phi) is 4.29. The number of likely N-dealkylation sites (N-methyl/N-ethyl adjacent to an activating group) is 1. The van der Waals surface area contributed by atoms with Crippen LogP contribution in [-0.4, -0.2) is 44.1 Å². The van der Waals surface area contributed by atoms with Crippen LogP contribution in [0.4, 0.5) is 0 Å². The normalized spacial score (nSPS) is 19.0. The van der Waals surface area contributed by atoms with E-state index >= 15 is 0 Å². The molecular weight excluding hydrogens is 316 g/mol. The molecule has 0 bridgehead atoms. The molecular formula is C12H17BrN2O2S. The number of halogens is 1. The molecule has 1 saturated heterocycles. The quantitative estimate of drug-likeness (QED) is 0.923. The lowest BCUT2D eigenvalue weighted by Crippen LogP contribution is -2.38. The minimum absolute atomic E-state index is 0.0411. The van der Waals surface area contributed by atoms with Crippen molar-refractivity contribution in [2.45, 2.75) is 19.4 Å². The average molecular weight is 333 g/mol. The summed E-state index contributed by atoms with van der Waals surface area (Å²) in [4.78, 5) is 16.0. The highest BCUT2D eigenvalue weighted by Gasteiger charge is 2.28. The maximum absolute atomic E-state index is 12.5. The number of nitrogens with zero attached hydrogens (tertiary/aromatic N) is 1. The van der Waals surface area contributed by atoms with Crippen LogP contribution in [0.15, 0.2) is 4.47 Å². The van der Waals surface area contributed by atoms with Crippen LogP contribution >= 0.6 is 27.3 Å². The van der Waals surface area contributed by atoms with Gasteiger partial charge < -0.3 is 15.0 Å². The van der Waals surface area contributed by atoms with E-state index in [2.05, 4.69) is 21.2 Å². The number of ether oxygens (including phenoxy) is 1. The van der Waals surface area contributed by atoms with Crippen LogP contribution in [0.1, 0.15) is 21.0 Å². The zero-order valence-electron chi connectivity index (χ0n) is 10.7. The van der Waals surface area contributed by atoms with Crippen LogP contribution < -0.4 is 10.1 Å². The summed E-state index contributed by atoms with van der Waals surface area (Å²) in [6.45, 7) is 3.83. The summed E-state index contributed by atoms with van der Waals surface area (Å²) < 4.78 is 6.22. The Bertz CT molecular complexity index is 455. The fourth-order valence-corrected chi connectivity index (χ4v) is 3.85. The third-order valence-electron chi connectivity index (χ3n) is 3.27. The Balaban J connectivity index is 2.25. The summed E-state index contributed by atoms with van der Waals surface area (Å²) >= 11 is 4.94. The molecule has 0 aliphatic carbocycles. The minimum atomic E-state index is 0.0411. The Morgan fingerprint density at radius 2 is 2.33 bits per heavy atom. The monoisotopic (exact) mass is 332 g/mol. The number of thiophene rings is 1. The molecule has 1 atom stereocenters. The van der Waals surface area contributed by atoms with Gasteiger partial charge in [-0.2, -0.15) is 0 Å². The van der Waals surface area contributed by atoms with Gasteiger partial charge in [-0.1, -0.05) is 0 Å². The molecule has 0 spiro atoms. The number of carbonyl (C=O) groups excluding carboxylic acids is 1. The van der Waals surface area contributed by atoms with Gasteiger partial charge in [0.25, 0.3) is 5.91 Å². The molecule has 1 unspecified atom stereocenters. The van der Waals surface area contributed by atoms with Gasteiger partial charge in [-0.05, 0) is 35.8 Å². The van der Waals surface area contributed by atoms with Crippen molar-refractivity contribution in [1.82, 2.24) is 10.2 Å². The predicted octanol–water partition coefficient (Wildman–Crippen LogP) is 2.26. The summed E-state index contributed by atoms with van der Waals surface area (Å²) in [5, 5.41) is 3.27. The molecule has 1 aliphatic rings. The van der Waals surface area contributed by atoms with Crippen LogP contribution in [0, 0.1) is 6.92 Å². The highest BCUT2D eigenvalue weighted by Crippen LogP contribution is 2.39. The van der Waals surface area contributed by atoms with E-state index in [4.69, 9.17) is 4.74 Å². The highest BCUT2D eigenvalue weighted by molar-refractivity contribution is 9.10. The Morgan fingerprint density at radius 1 is 1.61 bits per heavy atom. The molecule has 0 aromatic carbocycles. The first kappa shape index (κ1) is 13.8. The van der Waals surface area contributed by atoms with Crippen molar-refractivity contribution in [3.63, 3.8) is 0 Å². The molecule has 4 nitrogen and oxygen atoms in total. The van der Waals surface area contributed by atoms with Crippen LogP contribution in [0.2, 0.25) is 0 Å². The van der Waals surface area contributed by atoms with Gasteiger partial charge in [-0.15, -0.1) is 11.3 Å². The van der Waals surface area contributed by atoms with Crippen molar-refractivity contribution < 1.29 is 9.53 Å². The van der Waals surface area contributed by atoms with Gasteiger partial charge in [0.05, 0.1) is 11.6 Å². The lowest BCUT2D eigenvalue weighted by Gasteiger charge is -2.23. The third-order valence-corrected chi connectivity index (χ3v) is 5.56. The maximum atomic E-state index is 12.5. The number of methoxy groups -OCH3 is 1. The lowest BCUT2D eigenvalue weighted by molar-refractivity contribution is 0.0745. The highest BCUT2D eigenvalue weighted by atomic mass is 79.9.